The van der Waals surface area contributed by atoms with Crippen molar-refractivity contribution in [2.45, 2.75) is 38.0 Å². The van der Waals surface area contributed by atoms with E-state index in [1.54, 1.807) is 4.52 Å². The number of hydrogen-bond acceptors (Lipinski definition) is 7. The molecule has 7 nitrogen and oxygen atoms in total. The maximum Gasteiger partial charge on any atom is 0.230 e. The lowest BCUT2D eigenvalue weighted by Gasteiger charge is -2.41. The Morgan fingerprint density at radius 2 is 2.03 bits per heavy atom. The zero-order valence-corrected chi connectivity index (χ0v) is 18.6. The second-order valence-corrected chi connectivity index (χ2v) is 9.39. The van der Waals surface area contributed by atoms with Crippen molar-refractivity contribution >= 4 is 32.2 Å². The lowest BCUT2D eigenvalue weighted by atomic mass is 9.97. The van der Waals surface area contributed by atoms with Crippen molar-refractivity contribution in [3.05, 3.63) is 45.0 Å². The highest BCUT2D eigenvalue weighted by molar-refractivity contribution is 9.10. The van der Waals surface area contributed by atoms with Crippen LogP contribution in [0.2, 0.25) is 0 Å². The quantitative estimate of drug-likeness (QED) is 0.615. The smallest absolute Gasteiger partial charge is 0.230 e. The summed E-state index contributed by atoms with van der Waals surface area (Å²) in [6, 6.07) is 8.19. The summed E-state index contributed by atoms with van der Waals surface area (Å²) in [6.45, 7) is 5.00. The van der Waals surface area contributed by atoms with Crippen molar-refractivity contribution in [2.24, 2.45) is 0 Å². The summed E-state index contributed by atoms with van der Waals surface area (Å²) in [6.07, 6.45) is 2.38. The average Bonchev–Trinajstić information content (AvgIpc) is 3.42. The second-order valence-electron chi connectivity index (χ2n) is 7.47. The predicted octanol–water partition coefficient (Wildman–Crippen LogP) is 3.75. The highest BCUT2D eigenvalue weighted by Gasteiger charge is 2.42. The summed E-state index contributed by atoms with van der Waals surface area (Å²) >= 11 is 5.10. The van der Waals surface area contributed by atoms with Gasteiger partial charge in [-0.1, -0.05) is 46.3 Å². The fraction of sp³-hybridized carbons (Fsp3) is 0.500. The summed E-state index contributed by atoms with van der Waals surface area (Å²) in [5.74, 6) is 0.491. The molecule has 9 heteroatoms. The molecule has 2 aliphatic rings. The lowest BCUT2D eigenvalue weighted by molar-refractivity contribution is -0.187. The number of aryl methyl sites for hydroxylation is 1. The van der Waals surface area contributed by atoms with E-state index in [2.05, 4.69) is 43.0 Å². The standard InChI is InChI=1S/C20H23BrN4O3S/c1-2-15-22-19-25(23-15)18(26)17(29-19)16(13-4-3-5-14(21)12-13)24-8-6-20(7-9-24)27-10-11-28-20/h3-5,12,16,26H,2,6-11H2,1H3/t16-/m0/s1. The topological polar surface area (TPSA) is 72.1 Å². The summed E-state index contributed by atoms with van der Waals surface area (Å²) in [7, 11) is 0. The molecule has 1 atom stereocenters. The molecule has 4 heterocycles. The van der Waals surface area contributed by atoms with Gasteiger partial charge in [0.2, 0.25) is 10.8 Å². The van der Waals surface area contributed by atoms with Crippen molar-refractivity contribution < 1.29 is 14.6 Å². The van der Waals surface area contributed by atoms with Gasteiger partial charge in [0.25, 0.3) is 0 Å². The monoisotopic (exact) mass is 478 g/mol. The highest BCUT2D eigenvalue weighted by Crippen LogP contribution is 2.43. The van der Waals surface area contributed by atoms with Crippen molar-refractivity contribution in [3.8, 4) is 5.88 Å². The van der Waals surface area contributed by atoms with E-state index < -0.39 is 5.79 Å². The van der Waals surface area contributed by atoms with E-state index in [4.69, 9.17) is 9.47 Å². The Bertz CT molecular complexity index is 1020. The number of rotatable bonds is 4. The summed E-state index contributed by atoms with van der Waals surface area (Å²) < 4.78 is 14.4. The van der Waals surface area contributed by atoms with E-state index in [0.29, 0.717) is 13.2 Å². The van der Waals surface area contributed by atoms with Gasteiger partial charge < -0.3 is 14.6 Å². The van der Waals surface area contributed by atoms with Crippen LogP contribution < -0.4 is 0 Å². The molecule has 0 bridgehead atoms. The Hall–Kier alpha value is -1.52. The molecule has 1 N–H and O–H groups in total. The summed E-state index contributed by atoms with van der Waals surface area (Å²) in [5, 5.41) is 15.5. The van der Waals surface area contributed by atoms with Crippen LogP contribution in [-0.4, -0.2) is 56.7 Å². The number of halogens is 1. The molecule has 2 fully saturated rings. The third kappa shape index (κ3) is 3.48. The number of nitrogens with zero attached hydrogens (tertiary/aromatic N) is 4. The van der Waals surface area contributed by atoms with Crippen LogP contribution in [-0.2, 0) is 15.9 Å². The lowest BCUT2D eigenvalue weighted by Crippen LogP contribution is -2.46. The number of thiazole rings is 1. The SMILES string of the molecule is CCc1nc2sc([C@H](c3cccc(Br)c3)N3CCC4(CC3)OCCO4)c(O)n2n1. The van der Waals surface area contributed by atoms with E-state index >= 15 is 0 Å². The number of benzene rings is 1. The zero-order valence-electron chi connectivity index (χ0n) is 16.2. The first-order valence-corrected chi connectivity index (χ1v) is 11.5. The summed E-state index contributed by atoms with van der Waals surface area (Å²) in [4.78, 5) is 8.54. The molecule has 2 aromatic heterocycles. The van der Waals surface area contributed by atoms with Gasteiger partial charge in [0.15, 0.2) is 11.6 Å². The van der Waals surface area contributed by atoms with E-state index in [1.807, 2.05) is 19.1 Å². The minimum atomic E-state index is -0.429. The molecule has 0 unspecified atom stereocenters. The maximum absolute atomic E-state index is 11.0. The first-order chi connectivity index (χ1) is 14.1. The van der Waals surface area contributed by atoms with Gasteiger partial charge in [-0.2, -0.15) is 4.52 Å². The van der Waals surface area contributed by atoms with Gasteiger partial charge in [-0.15, -0.1) is 5.10 Å². The van der Waals surface area contributed by atoms with E-state index in [9.17, 15) is 5.11 Å². The van der Waals surface area contributed by atoms with E-state index in [-0.39, 0.29) is 11.9 Å². The Labute approximate surface area is 181 Å². The van der Waals surface area contributed by atoms with Crippen LogP contribution in [0.25, 0.3) is 4.96 Å². The number of aromatic nitrogens is 3. The van der Waals surface area contributed by atoms with Crippen LogP contribution >= 0.6 is 27.3 Å². The Morgan fingerprint density at radius 1 is 1.28 bits per heavy atom. The number of fused-ring (bicyclic) bond motifs is 1. The Balaban J connectivity index is 1.53. The van der Waals surface area contributed by atoms with Gasteiger partial charge in [0.05, 0.1) is 24.1 Å². The van der Waals surface area contributed by atoms with Gasteiger partial charge in [0.1, 0.15) is 0 Å². The fourth-order valence-corrected chi connectivity index (χ4v) is 5.78. The molecule has 2 aliphatic heterocycles. The van der Waals surface area contributed by atoms with Crippen molar-refractivity contribution in [2.75, 3.05) is 26.3 Å². The Kier molecular flexibility index (Phi) is 5.11. The molecule has 0 radical (unpaired) electrons. The van der Waals surface area contributed by atoms with Gasteiger partial charge >= 0.3 is 0 Å². The van der Waals surface area contributed by atoms with Crippen molar-refractivity contribution in [1.82, 2.24) is 19.5 Å². The number of piperidine rings is 1. The first-order valence-electron chi connectivity index (χ1n) is 9.93. The molecule has 0 aliphatic carbocycles. The molecule has 29 heavy (non-hydrogen) atoms. The van der Waals surface area contributed by atoms with Crippen LogP contribution in [0.15, 0.2) is 28.7 Å². The molecule has 154 valence electrons. The van der Waals surface area contributed by atoms with E-state index in [0.717, 1.165) is 58.1 Å². The second kappa shape index (κ2) is 7.63. The van der Waals surface area contributed by atoms with E-state index in [1.165, 1.54) is 11.3 Å². The van der Waals surface area contributed by atoms with Gasteiger partial charge in [-0.3, -0.25) is 4.90 Å². The van der Waals surface area contributed by atoms with Crippen LogP contribution in [0, 0.1) is 0 Å². The largest absolute Gasteiger partial charge is 0.492 e. The maximum atomic E-state index is 11.0. The average molecular weight is 479 g/mol. The van der Waals surface area contributed by atoms with Crippen molar-refractivity contribution in [3.63, 3.8) is 0 Å². The normalized spacial score (nSPS) is 20.6. The van der Waals surface area contributed by atoms with Crippen LogP contribution in [0.5, 0.6) is 5.88 Å². The molecular weight excluding hydrogens is 456 g/mol. The molecule has 0 saturated carbocycles. The summed E-state index contributed by atoms with van der Waals surface area (Å²) in [5.41, 5.74) is 1.12. The zero-order chi connectivity index (χ0) is 20.0. The fourth-order valence-electron chi connectivity index (χ4n) is 4.23. The number of hydrogen-bond donors (Lipinski definition) is 1. The molecule has 1 aromatic carbocycles. The highest BCUT2D eigenvalue weighted by atomic mass is 79.9. The van der Waals surface area contributed by atoms with Crippen molar-refractivity contribution in [1.29, 1.82) is 0 Å². The molecule has 1 spiro atoms. The minimum Gasteiger partial charge on any atom is -0.492 e. The molecule has 3 aromatic rings. The first kappa shape index (κ1) is 19.4. The number of aromatic hydroxyl groups is 1. The third-order valence-electron chi connectivity index (χ3n) is 5.71. The Morgan fingerprint density at radius 3 is 2.69 bits per heavy atom. The number of ether oxygens (including phenoxy) is 2. The molecule has 0 amide bonds. The van der Waals surface area contributed by atoms with Crippen LogP contribution in [0.1, 0.15) is 42.1 Å². The van der Waals surface area contributed by atoms with Crippen LogP contribution in [0.3, 0.4) is 0 Å². The number of likely N-dealkylation sites (tertiary alicyclic amines) is 1. The van der Waals surface area contributed by atoms with Crippen LogP contribution in [0.4, 0.5) is 0 Å². The molecule has 5 rings (SSSR count). The predicted molar refractivity (Wildman–Crippen MR) is 113 cm³/mol. The molecule has 2 saturated heterocycles. The molecular formula is C20H23BrN4O3S. The third-order valence-corrected chi connectivity index (χ3v) is 7.28. The van der Waals surface area contributed by atoms with Gasteiger partial charge in [0, 0.05) is 36.8 Å². The van der Waals surface area contributed by atoms with Gasteiger partial charge in [-0.05, 0) is 17.7 Å². The van der Waals surface area contributed by atoms with Gasteiger partial charge in [-0.25, -0.2) is 4.98 Å². The minimum absolute atomic E-state index is 0.0789.